The summed E-state index contributed by atoms with van der Waals surface area (Å²) in [6.45, 7) is 1.55. The van der Waals surface area contributed by atoms with Crippen LogP contribution in [0.15, 0.2) is 28.1 Å². The molecule has 0 aliphatic carbocycles. The summed E-state index contributed by atoms with van der Waals surface area (Å²) in [6.07, 6.45) is 0. The van der Waals surface area contributed by atoms with Gasteiger partial charge in [-0.3, -0.25) is 4.79 Å². The number of guanidine groups is 1. The maximum absolute atomic E-state index is 12.1. The van der Waals surface area contributed by atoms with E-state index in [1.54, 1.807) is 6.92 Å². The smallest absolute Gasteiger partial charge is 0.280 e. The third-order valence-electron chi connectivity index (χ3n) is 3.11. The number of benzene rings is 1. The SMILES string of the molecule is CC1(C#N)CS(=O)(=O)c2cc(C(=O)N=C(N)N)ccc21. The molecule has 104 valence electrons. The third-order valence-corrected chi connectivity index (χ3v) is 5.08. The average molecular weight is 292 g/mol. The molecule has 2 rings (SSSR count). The van der Waals surface area contributed by atoms with E-state index in [2.05, 4.69) is 4.99 Å². The van der Waals surface area contributed by atoms with E-state index in [9.17, 15) is 13.2 Å². The molecule has 0 aromatic heterocycles. The summed E-state index contributed by atoms with van der Waals surface area (Å²) in [5.74, 6) is -1.43. The second-order valence-electron chi connectivity index (χ2n) is 4.76. The first-order chi connectivity index (χ1) is 9.19. The highest BCUT2D eigenvalue weighted by molar-refractivity contribution is 7.91. The molecule has 7 nitrogen and oxygen atoms in total. The van der Waals surface area contributed by atoms with Crippen LogP contribution in [0.3, 0.4) is 0 Å². The maximum atomic E-state index is 12.1. The molecule has 0 radical (unpaired) electrons. The molecule has 0 saturated carbocycles. The van der Waals surface area contributed by atoms with Crippen LogP contribution in [0, 0.1) is 11.3 Å². The van der Waals surface area contributed by atoms with Gasteiger partial charge >= 0.3 is 0 Å². The van der Waals surface area contributed by atoms with Crippen LogP contribution in [0.5, 0.6) is 0 Å². The molecule has 1 amide bonds. The average Bonchev–Trinajstić information content (AvgIpc) is 2.56. The van der Waals surface area contributed by atoms with Gasteiger partial charge in [-0.25, -0.2) is 8.42 Å². The van der Waals surface area contributed by atoms with Crippen molar-refractivity contribution in [1.82, 2.24) is 0 Å². The number of hydrogen-bond donors (Lipinski definition) is 2. The van der Waals surface area contributed by atoms with Crippen molar-refractivity contribution < 1.29 is 13.2 Å². The van der Waals surface area contributed by atoms with Gasteiger partial charge in [-0.1, -0.05) is 6.07 Å². The summed E-state index contributed by atoms with van der Waals surface area (Å²) in [4.78, 5) is 15.0. The van der Waals surface area contributed by atoms with Crippen molar-refractivity contribution in [2.45, 2.75) is 17.2 Å². The van der Waals surface area contributed by atoms with Crippen LogP contribution in [0.4, 0.5) is 0 Å². The standard InChI is InChI=1S/C12H12N4O3S/c1-12(5-13)6-20(18,19)9-4-7(2-3-8(9)12)10(17)16-11(14)15/h2-4H,6H2,1H3,(H4,14,15,16,17). The number of aliphatic imine (C=N–C) groups is 1. The maximum Gasteiger partial charge on any atom is 0.280 e. The normalized spacial score (nSPS) is 22.6. The highest BCUT2D eigenvalue weighted by Gasteiger charge is 2.44. The molecule has 0 bridgehead atoms. The number of amides is 1. The van der Waals surface area contributed by atoms with Crippen molar-refractivity contribution in [3.05, 3.63) is 29.3 Å². The molecular weight excluding hydrogens is 280 g/mol. The van der Waals surface area contributed by atoms with E-state index in [1.165, 1.54) is 18.2 Å². The number of nitrogens with two attached hydrogens (primary N) is 2. The molecular formula is C12H12N4O3S. The predicted molar refractivity (Wildman–Crippen MR) is 71.6 cm³/mol. The lowest BCUT2D eigenvalue weighted by Gasteiger charge is -2.12. The molecule has 1 aromatic rings. The van der Waals surface area contributed by atoms with Crippen LogP contribution >= 0.6 is 0 Å². The number of carbonyl (C=O) groups is 1. The van der Waals surface area contributed by atoms with Gasteiger partial charge in [0.05, 0.1) is 22.1 Å². The Morgan fingerprint density at radius 3 is 2.65 bits per heavy atom. The van der Waals surface area contributed by atoms with E-state index in [0.717, 1.165) is 0 Å². The van der Waals surface area contributed by atoms with Crippen LogP contribution < -0.4 is 11.5 Å². The van der Waals surface area contributed by atoms with Crippen LogP contribution in [0.25, 0.3) is 0 Å². The Labute approximate surface area is 115 Å². The van der Waals surface area contributed by atoms with Gasteiger partial charge in [0.1, 0.15) is 0 Å². The lowest BCUT2D eigenvalue weighted by Crippen LogP contribution is -2.24. The Morgan fingerprint density at radius 1 is 1.45 bits per heavy atom. The first-order valence-corrected chi connectivity index (χ1v) is 7.27. The number of fused-ring (bicyclic) bond motifs is 1. The van der Waals surface area contributed by atoms with Crippen molar-refractivity contribution in [2.24, 2.45) is 16.5 Å². The molecule has 0 fully saturated rings. The number of nitrogens with zero attached hydrogens (tertiary/aromatic N) is 2. The van der Waals surface area contributed by atoms with E-state index in [-0.39, 0.29) is 16.2 Å². The summed E-state index contributed by atoms with van der Waals surface area (Å²) in [6, 6.07) is 6.08. The molecule has 1 heterocycles. The predicted octanol–water partition coefficient (Wildman–Crippen LogP) is -0.331. The topological polar surface area (TPSA) is 139 Å². The molecule has 1 aliphatic heterocycles. The first-order valence-electron chi connectivity index (χ1n) is 5.62. The highest BCUT2D eigenvalue weighted by Crippen LogP contribution is 2.39. The monoisotopic (exact) mass is 292 g/mol. The van der Waals surface area contributed by atoms with Gasteiger partial charge in [0.15, 0.2) is 15.8 Å². The zero-order valence-electron chi connectivity index (χ0n) is 10.6. The van der Waals surface area contributed by atoms with Gasteiger partial charge < -0.3 is 11.5 Å². The number of sulfone groups is 1. The lowest BCUT2D eigenvalue weighted by atomic mass is 9.86. The van der Waals surface area contributed by atoms with Gasteiger partial charge in [-0.05, 0) is 24.6 Å². The van der Waals surface area contributed by atoms with Crippen molar-refractivity contribution in [1.29, 1.82) is 5.26 Å². The van der Waals surface area contributed by atoms with E-state index in [4.69, 9.17) is 16.7 Å². The fourth-order valence-corrected chi connectivity index (χ4v) is 4.25. The minimum atomic E-state index is -3.60. The Balaban J connectivity index is 2.62. The first kappa shape index (κ1) is 14.0. The molecule has 0 spiro atoms. The molecule has 1 aliphatic rings. The number of hydrogen-bond acceptors (Lipinski definition) is 4. The molecule has 1 unspecified atom stereocenters. The number of carbonyl (C=O) groups excluding carboxylic acids is 1. The summed E-state index contributed by atoms with van der Waals surface area (Å²) in [5, 5.41) is 9.17. The zero-order chi connectivity index (χ0) is 15.1. The van der Waals surface area contributed by atoms with Crippen LogP contribution in [-0.4, -0.2) is 26.0 Å². The second kappa shape index (κ2) is 4.31. The van der Waals surface area contributed by atoms with E-state index in [0.29, 0.717) is 5.56 Å². The zero-order valence-corrected chi connectivity index (χ0v) is 11.4. The van der Waals surface area contributed by atoms with Gasteiger partial charge in [-0.15, -0.1) is 0 Å². The summed E-state index contributed by atoms with van der Waals surface area (Å²) in [5.41, 5.74) is 9.56. The van der Waals surface area contributed by atoms with Gasteiger partial charge in [0.25, 0.3) is 5.91 Å². The second-order valence-corrected chi connectivity index (χ2v) is 6.71. The van der Waals surface area contributed by atoms with Gasteiger partial charge in [0.2, 0.25) is 0 Å². The van der Waals surface area contributed by atoms with Gasteiger partial charge in [0, 0.05) is 5.56 Å². The fourth-order valence-electron chi connectivity index (χ4n) is 2.18. The third kappa shape index (κ3) is 2.12. The van der Waals surface area contributed by atoms with Crippen molar-refractivity contribution >= 4 is 21.7 Å². The molecule has 1 atom stereocenters. The largest absolute Gasteiger partial charge is 0.370 e. The molecule has 4 N–H and O–H groups in total. The van der Waals surface area contributed by atoms with Crippen molar-refractivity contribution in [3.63, 3.8) is 0 Å². The highest BCUT2D eigenvalue weighted by atomic mass is 32.2. The Bertz CT molecular complexity index is 772. The Kier molecular flexibility index (Phi) is 3.02. The van der Waals surface area contributed by atoms with E-state index in [1.807, 2.05) is 6.07 Å². The van der Waals surface area contributed by atoms with Crippen molar-refractivity contribution in [3.8, 4) is 6.07 Å². The molecule has 1 aromatic carbocycles. The minimum Gasteiger partial charge on any atom is -0.370 e. The van der Waals surface area contributed by atoms with Gasteiger partial charge in [-0.2, -0.15) is 10.3 Å². The lowest BCUT2D eigenvalue weighted by molar-refractivity contribution is 0.100. The number of nitriles is 1. The van der Waals surface area contributed by atoms with E-state index >= 15 is 0 Å². The van der Waals surface area contributed by atoms with Crippen LogP contribution in [0.2, 0.25) is 0 Å². The molecule has 0 saturated heterocycles. The van der Waals surface area contributed by atoms with Crippen molar-refractivity contribution in [2.75, 3.05) is 5.75 Å². The quantitative estimate of drug-likeness (QED) is 0.536. The fraction of sp³-hybridized carbons (Fsp3) is 0.250. The molecule has 20 heavy (non-hydrogen) atoms. The minimum absolute atomic E-state index is 0.0156. The summed E-state index contributed by atoms with van der Waals surface area (Å²) in [7, 11) is -3.60. The number of rotatable bonds is 1. The van der Waals surface area contributed by atoms with Crippen LogP contribution in [0.1, 0.15) is 22.8 Å². The molecule has 8 heteroatoms. The summed E-state index contributed by atoms with van der Waals surface area (Å²) >= 11 is 0. The summed E-state index contributed by atoms with van der Waals surface area (Å²) < 4.78 is 24.2. The Hall–Kier alpha value is -2.40. The Morgan fingerprint density at radius 2 is 2.10 bits per heavy atom. The van der Waals surface area contributed by atoms with E-state index < -0.39 is 27.1 Å². The van der Waals surface area contributed by atoms with Crippen LogP contribution in [-0.2, 0) is 15.3 Å².